The zero-order chi connectivity index (χ0) is 22.6. The van der Waals surface area contributed by atoms with Crippen molar-refractivity contribution in [3.63, 3.8) is 0 Å². The number of allylic oxidation sites excluding steroid dienone is 1. The topological polar surface area (TPSA) is 13.1 Å². The molecule has 6 aromatic rings. The zero-order valence-corrected chi connectivity index (χ0v) is 19.1. The van der Waals surface area contributed by atoms with Gasteiger partial charge >= 0.3 is 0 Å². The van der Waals surface area contributed by atoms with Crippen molar-refractivity contribution in [2.45, 2.75) is 19.3 Å². The Labute approximate surface area is 198 Å². The predicted octanol–water partition coefficient (Wildman–Crippen LogP) is 8.97. The van der Waals surface area contributed by atoms with Crippen LogP contribution in [0.3, 0.4) is 0 Å². The molecule has 0 atom stereocenters. The van der Waals surface area contributed by atoms with E-state index in [4.69, 9.17) is 4.42 Å². The number of hydrogen-bond donors (Lipinski definition) is 0. The highest BCUT2D eigenvalue weighted by molar-refractivity contribution is 6.22. The molecule has 2 aliphatic rings. The number of hydrogen-bond acceptors (Lipinski definition) is 1. The molecule has 1 heteroatoms. The number of benzene rings is 5. The monoisotopic (exact) mass is 434 g/mol. The van der Waals surface area contributed by atoms with Crippen molar-refractivity contribution in [3.05, 3.63) is 119 Å². The van der Waals surface area contributed by atoms with Gasteiger partial charge in [-0.15, -0.1) is 0 Å². The van der Waals surface area contributed by atoms with E-state index in [0.717, 1.165) is 11.2 Å². The van der Waals surface area contributed by atoms with Gasteiger partial charge in [-0.05, 0) is 79.6 Å². The molecule has 0 fully saturated rings. The number of fused-ring (bicyclic) bond motifs is 7. The average Bonchev–Trinajstić information content (AvgIpc) is 3.48. The summed E-state index contributed by atoms with van der Waals surface area (Å²) < 4.78 is 6.06. The van der Waals surface area contributed by atoms with E-state index in [1.54, 1.807) is 0 Å². The fraction of sp³-hybridized carbons (Fsp3) is 0.0909. The summed E-state index contributed by atoms with van der Waals surface area (Å²) in [6.07, 6.45) is 0. The van der Waals surface area contributed by atoms with Gasteiger partial charge in [0.15, 0.2) is 0 Å². The molecule has 0 radical (unpaired) electrons. The smallest absolute Gasteiger partial charge is 0.135 e. The Kier molecular flexibility index (Phi) is 3.27. The standard InChI is InChI=1S/C33H22O/c1-33(2)27-15-13-20(21-14-16-29-25(17-21)22-9-3-4-12-28(22)34-29)18-26(27)31-23-10-5-7-19-8-6-11-24(30(19)23)32(31)33/h3-18H,1-2H3. The molecular weight excluding hydrogens is 412 g/mol. The molecule has 0 amide bonds. The van der Waals surface area contributed by atoms with E-state index >= 15 is 0 Å². The average molecular weight is 435 g/mol. The lowest BCUT2D eigenvalue weighted by Gasteiger charge is -2.25. The molecule has 0 spiro atoms. The normalized spacial score (nSPS) is 15.5. The van der Waals surface area contributed by atoms with Crippen molar-refractivity contribution in [2.75, 3.05) is 0 Å². The zero-order valence-electron chi connectivity index (χ0n) is 19.1. The summed E-state index contributed by atoms with van der Waals surface area (Å²) in [5.74, 6) is 0. The van der Waals surface area contributed by atoms with Crippen molar-refractivity contribution >= 4 is 43.9 Å². The summed E-state index contributed by atoms with van der Waals surface area (Å²) >= 11 is 0. The fourth-order valence-electron chi connectivity index (χ4n) is 6.47. The molecule has 0 saturated heterocycles. The number of para-hydroxylation sites is 1. The Morgan fingerprint density at radius 3 is 2.21 bits per heavy atom. The van der Waals surface area contributed by atoms with Gasteiger partial charge < -0.3 is 4.42 Å². The third kappa shape index (κ3) is 2.15. The van der Waals surface area contributed by atoms with Crippen LogP contribution in [-0.2, 0) is 5.41 Å². The Balaban J connectivity index is 1.37. The highest BCUT2D eigenvalue weighted by Gasteiger charge is 2.43. The van der Waals surface area contributed by atoms with E-state index in [2.05, 4.69) is 98.8 Å². The minimum Gasteiger partial charge on any atom is -0.456 e. The number of rotatable bonds is 1. The molecule has 1 nitrogen and oxygen atoms in total. The van der Waals surface area contributed by atoms with E-state index in [9.17, 15) is 0 Å². The van der Waals surface area contributed by atoms with E-state index in [-0.39, 0.29) is 5.41 Å². The highest BCUT2D eigenvalue weighted by Crippen LogP contribution is 2.59. The summed E-state index contributed by atoms with van der Waals surface area (Å²) in [6, 6.07) is 35.4. The summed E-state index contributed by atoms with van der Waals surface area (Å²) in [4.78, 5) is 0. The van der Waals surface area contributed by atoms with Crippen molar-refractivity contribution in [1.82, 2.24) is 0 Å². The van der Waals surface area contributed by atoms with Gasteiger partial charge in [0.25, 0.3) is 0 Å². The van der Waals surface area contributed by atoms with Crippen molar-refractivity contribution in [3.8, 4) is 11.1 Å². The lowest BCUT2D eigenvalue weighted by molar-refractivity contribution is 0.669. The van der Waals surface area contributed by atoms with Crippen LogP contribution < -0.4 is 0 Å². The van der Waals surface area contributed by atoms with E-state index < -0.39 is 0 Å². The third-order valence-corrected chi connectivity index (χ3v) is 7.99. The van der Waals surface area contributed by atoms with Crippen LogP contribution in [0, 0.1) is 0 Å². The van der Waals surface area contributed by atoms with Crippen LogP contribution in [0.1, 0.15) is 36.1 Å². The van der Waals surface area contributed by atoms with Crippen LogP contribution in [0.15, 0.2) is 101 Å². The molecule has 8 rings (SSSR count). The van der Waals surface area contributed by atoms with Crippen molar-refractivity contribution in [1.29, 1.82) is 0 Å². The maximum Gasteiger partial charge on any atom is 0.135 e. The second kappa shape index (κ2) is 6.07. The first-order valence-corrected chi connectivity index (χ1v) is 11.9. The van der Waals surface area contributed by atoms with E-state index in [0.29, 0.717) is 0 Å². The predicted molar refractivity (Wildman–Crippen MR) is 142 cm³/mol. The molecule has 1 heterocycles. The quantitative estimate of drug-likeness (QED) is 0.252. The van der Waals surface area contributed by atoms with E-state index in [1.165, 1.54) is 66.1 Å². The summed E-state index contributed by atoms with van der Waals surface area (Å²) in [6.45, 7) is 4.75. The summed E-state index contributed by atoms with van der Waals surface area (Å²) in [5.41, 5.74) is 12.8. The molecule has 160 valence electrons. The third-order valence-electron chi connectivity index (χ3n) is 7.99. The second-order valence-electron chi connectivity index (χ2n) is 10.2. The minimum absolute atomic E-state index is 0.0266. The van der Waals surface area contributed by atoms with Gasteiger partial charge in [0.2, 0.25) is 0 Å². The molecule has 0 bridgehead atoms. The Morgan fingerprint density at radius 2 is 1.32 bits per heavy atom. The number of furan rings is 1. The van der Waals surface area contributed by atoms with Gasteiger partial charge in [-0.3, -0.25) is 0 Å². The van der Waals surface area contributed by atoms with Gasteiger partial charge in [-0.1, -0.05) is 86.6 Å². The lowest BCUT2D eigenvalue weighted by atomic mass is 9.78. The van der Waals surface area contributed by atoms with Crippen LogP contribution in [-0.4, -0.2) is 0 Å². The Hall–Kier alpha value is -4.10. The van der Waals surface area contributed by atoms with Crippen LogP contribution in [0.4, 0.5) is 0 Å². The SMILES string of the molecule is CC1(C)C2=C(c3cc(-c4ccc5oc6ccccc6c5c4)ccc31)c1cccc3cccc2c13. The highest BCUT2D eigenvalue weighted by atomic mass is 16.3. The maximum atomic E-state index is 6.06. The second-order valence-corrected chi connectivity index (χ2v) is 10.2. The molecule has 5 aromatic carbocycles. The van der Waals surface area contributed by atoms with Gasteiger partial charge in [-0.2, -0.15) is 0 Å². The molecule has 0 unspecified atom stereocenters. The van der Waals surface area contributed by atoms with Crippen LogP contribution in [0.5, 0.6) is 0 Å². The Bertz CT molecular complexity index is 1870. The first kappa shape index (κ1) is 18.3. The molecular formula is C33H22O. The van der Waals surface area contributed by atoms with Crippen molar-refractivity contribution < 1.29 is 4.42 Å². The summed E-state index contributed by atoms with van der Waals surface area (Å²) in [5, 5.41) is 5.08. The van der Waals surface area contributed by atoms with Gasteiger partial charge in [0.1, 0.15) is 11.2 Å². The molecule has 0 aliphatic heterocycles. The first-order valence-electron chi connectivity index (χ1n) is 11.9. The van der Waals surface area contributed by atoms with Crippen LogP contribution >= 0.6 is 0 Å². The van der Waals surface area contributed by atoms with Crippen molar-refractivity contribution in [2.24, 2.45) is 0 Å². The molecule has 34 heavy (non-hydrogen) atoms. The van der Waals surface area contributed by atoms with E-state index in [1.807, 2.05) is 12.1 Å². The molecule has 2 aliphatic carbocycles. The van der Waals surface area contributed by atoms with Crippen LogP contribution in [0.2, 0.25) is 0 Å². The largest absolute Gasteiger partial charge is 0.456 e. The van der Waals surface area contributed by atoms with Gasteiger partial charge in [0.05, 0.1) is 0 Å². The Morgan fingerprint density at radius 1 is 0.588 bits per heavy atom. The first-order chi connectivity index (χ1) is 16.6. The lowest BCUT2D eigenvalue weighted by Crippen LogP contribution is -2.16. The van der Waals surface area contributed by atoms with Crippen LogP contribution in [0.25, 0.3) is 55.0 Å². The molecule has 0 N–H and O–H groups in total. The van der Waals surface area contributed by atoms with Gasteiger partial charge in [-0.25, -0.2) is 0 Å². The maximum absolute atomic E-state index is 6.06. The molecule has 0 saturated carbocycles. The van der Waals surface area contributed by atoms with Gasteiger partial charge in [0, 0.05) is 16.2 Å². The fourth-order valence-corrected chi connectivity index (χ4v) is 6.47. The minimum atomic E-state index is -0.0266. The molecule has 1 aromatic heterocycles. The summed E-state index contributed by atoms with van der Waals surface area (Å²) in [7, 11) is 0.